The van der Waals surface area contributed by atoms with Crippen LogP contribution in [0, 0.1) is 0 Å². The summed E-state index contributed by atoms with van der Waals surface area (Å²) in [6.07, 6.45) is -0.691. The van der Waals surface area contributed by atoms with Gasteiger partial charge in [-0.25, -0.2) is 14.4 Å². The van der Waals surface area contributed by atoms with Gasteiger partial charge in [-0.2, -0.15) is 0 Å². The Morgan fingerprint density at radius 2 is 1.33 bits per heavy atom. The Hall–Kier alpha value is -4.44. The molecule has 42 heavy (non-hydrogen) atoms. The third-order valence-corrected chi connectivity index (χ3v) is 6.15. The molecule has 10 heteroatoms. The van der Waals surface area contributed by atoms with Crippen molar-refractivity contribution in [1.29, 1.82) is 0 Å². The van der Waals surface area contributed by atoms with E-state index in [0.29, 0.717) is 12.4 Å². The normalized spacial score (nSPS) is 12.3. The van der Waals surface area contributed by atoms with Crippen LogP contribution in [0.1, 0.15) is 37.5 Å². The molecule has 0 bridgehead atoms. The monoisotopic (exact) mass is 592 g/mol. The van der Waals surface area contributed by atoms with Crippen molar-refractivity contribution in [2.75, 3.05) is 7.11 Å². The molecule has 0 radical (unpaired) electrons. The van der Waals surface area contributed by atoms with E-state index in [2.05, 4.69) is 10.6 Å². The first-order valence-corrected chi connectivity index (χ1v) is 13.8. The zero-order valence-electron chi connectivity index (χ0n) is 24.1. The lowest BCUT2D eigenvalue weighted by atomic mass is 10.1. The average molecular weight is 593 g/mol. The molecule has 0 unspecified atom stereocenters. The van der Waals surface area contributed by atoms with Gasteiger partial charge in [0.2, 0.25) is 0 Å². The molecule has 3 rings (SSSR count). The average Bonchev–Trinajstić information content (AvgIpc) is 2.97. The standard InChI is InChI=1S/C32H36N2O7S/c1-32(2,3)41-31(37)34-27(30(36)38-4)28(42)33-26(29(35)40-21-24-13-9-6-10-14-24)19-22-15-17-25(18-16-22)39-20-23-11-7-5-8-12-23/h5-18,26-27H,19-21H2,1-4H3,(H,33,42)(H,34,37)/t26-,27+/m0/s1. The van der Waals surface area contributed by atoms with Gasteiger partial charge in [-0.05, 0) is 49.6 Å². The first-order valence-electron chi connectivity index (χ1n) is 13.4. The van der Waals surface area contributed by atoms with Crippen LogP contribution in [-0.2, 0) is 43.4 Å². The summed E-state index contributed by atoms with van der Waals surface area (Å²) in [4.78, 5) is 38.1. The molecular formula is C32H36N2O7S. The van der Waals surface area contributed by atoms with Crippen LogP contribution >= 0.6 is 12.2 Å². The van der Waals surface area contributed by atoms with Gasteiger partial charge in [-0.15, -0.1) is 0 Å². The van der Waals surface area contributed by atoms with Crippen LogP contribution in [0.15, 0.2) is 84.9 Å². The molecule has 0 saturated heterocycles. The second-order valence-corrected chi connectivity index (χ2v) is 10.8. The van der Waals surface area contributed by atoms with Gasteiger partial charge < -0.3 is 29.6 Å². The fourth-order valence-electron chi connectivity index (χ4n) is 3.75. The lowest BCUT2D eigenvalue weighted by Gasteiger charge is -2.25. The van der Waals surface area contributed by atoms with Crippen molar-refractivity contribution in [2.24, 2.45) is 0 Å². The van der Waals surface area contributed by atoms with E-state index in [1.807, 2.05) is 84.9 Å². The Bertz CT molecular complexity index is 1330. The van der Waals surface area contributed by atoms with E-state index in [1.165, 1.54) is 7.11 Å². The number of hydrogen-bond donors (Lipinski definition) is 2. The molecule has 0 aliphatic rings. The molecular weight excluding hydrogens is 556 g/mol. The minimum absolute atomic E-state index is 0.0491. The summed E-state index contributed by atoms with van der Waals surface area (Å²) in [5, 5.41) is 5.32. The number of benzene rings is 3. The van der Waals surface area contributed by atoms with Crippen LogP contribution < -0.4 is 15.4 Å². The molecule has 2 N–H and O–H groups in total. The third kappa shape index (κ3) is 10.9. The van der Waals surface area contributed by atoms with Crippen molar-refractivity contribution in [1.82, 2.24) is 10.6 Å². The van der Waals surface area contributed by atoms with Crippen LogP contribution in [0.2, 0.25) is 0 Å². The van der Waals surface area contributed by atoms with Crippen molar-refractivity contribution in [3.8, 4) is 5.75 Å². The topological polar surface area (TPSA) is 112 Å². The molecule has 2 atom stereocenters. The van der Waals surface area contributed by atoms with Crippen LogP contribution in [0.5, 0.6) is 5.75 Å². The van der Waals surface area contributed by atoms with Gasteiger partial charge in [0.25, 0.3) is 0 Å². The summed E-state index contributed by atoms with van der Waals surface area (Å²) in [6, 6.07) is 24.0. The number of ether oxygens (including phenoxy) is 4. The Morgan fingerprint density at radius 1 is 0.762 bits per heavy atom. The summed E-state index contributed by atoms with van der Waals surface area (Å²) < 4.78 is 21.5. The van der Waals surface area contributed by atoms with Gasteiger partial charge in [0.1, 0.15) is 35.6 Å². The number of alkyl carbamates (subject to hydrolysis) is 1. The Balaban J connectivity index is 1.73. The number of rotatable bonds is 12. The zero-order valence-corrected chi connectivity index (χ0v) is 24.9. The predicted octanol–water partition coefficient (Wildman–Crippen LogP) is 4.90. The van der Waals surface area contributed by atoms with Crippen molar-refractivity contribution in [2.45, 2.75) is 58.1 Å². The van der Waals surface area contributed by atoms with Gasteiger partial charge in [0.05, 0.1) is 7.11 Å². The van der Waals surface area contributed by atoms with Crippen molar-refractivity contribution < 1.29 is 33.3 Å². The number of carbonyl (C=O) groups is 3. The van der Waals surface area contributed by atoms with Crippen molar-refractivity contribution in [3.05, 3.63) is 102 Å². The first kappa shape index (κ1) is 32.1. The zero-order chi connectivity index (χ0) is 30.5. The molecule has 0 spiro atoms. The highest BCUT2D eigenvalue weighted by Gasteiger charge is 2.32. The molecule has 0 fully saturated rings. The van der Waals surface area contributed by atoms with Gasteiger partial charge in [-0.3, -0.25) is 0 Å². The molecule has 9 nitrogen and oxygen atoms in total. The summed E-state index contributed by atoms with van der Waals surface area (Å²) >= 11 is 5.46. The van der Waals surface area contributed by atoms with Crippen LogP contribution in [0.4, 0.5) is 4.79 Å². The van der Waals surface area contributed by atoms with E-state index in [4.69, 9.17) is 31.2 Å². The summed E-state index contributed by atoms with van der Waals surface area (Å²) in [5.41, 5.74) is 1.83. The van der Waals surface area contributed by atoms with Crippen LogP contribution in [0.25, 0.3) is 0 Å². The maximum atomic E-state index is 13.3. The van der Waals surface area contributed by atoms with Gasteiger partial charge in [0, 0.05) is 6.42 Å². The molecule has 3 aromatic carbocycles. The Labute approximate surface area is 251 Å². The second kappa shape index (κ2) is 15.5. The van der Waals surface area contributed by atoms with E-state index in [1.54, 1.807) is 20.8 Å². The fourth-order valence-corrected chi connectivity index (χ4v) is 4.05. The lowest BCUT2D eigenvalue weighted by Crippen LogP contribution is -2.55. The summed E-state index contributed by atoms with van der Waals surface area (Å²) in [7, 11) is 1.17. The molecule has 222 valence electrons. The molecule has 0 aliphatic carbocycles. The fraction of sp³-hybridized carbons (Fsp3) is 0.312. The first-order chi connectivity index (χ1) is 20.0. The molecule has 0 heterocycles. The molecule has 0 saturated carbocycles. The van der Waals surface area contributed by atoms with Crippen LogP contribution in [-0.4, -0.2) is 47.8 Å². The van der Waals surface area contributed by atoms with E-state index >= 15 is 0 Å². The number of nitrogens with one attached hydrogen (secondary N) is 2. The van der Waals surface area contributed by atoms with E-state index < -0.39 is 35.7 Å². The minimum atomic E-state index is -1.39. The SMILES string of the molecule is COC(=O)[C@H](NC(=O)OC(C)(C)C)C(=S)N[C@@H](Cc1ccc(OCc2ccccc2)cc1)C(=O)OCc1ccccc1. The summed E-state index contributed by atoms with van der Waals surface area (Å²) in [6.45, 7) is 5.53. The van der Waals surface area contributed by atoms with Crippen molar-refractivity contribution >= 4 is 35.2 Å². The van der Waals surface area contributed by atoms with Gasteiger partial charge in [-0.1, -0.05) is 85.0 Å². The lowest BCUT2D eigenvalue weighted by molar-refractivity contribution is -0.147. The second-order valence-electron chi connectivity index (χ2n) is 10.4. The van der Waals surface area contributed by atoms with Crippen molar-refractivity contribution in [3.63, 3.8) is 0 Å². The molecule has 0 aliphatic heterocycles. The highest BCUT2D eigenvalue weighted by molar-refractivity contribution is 7.80. The Kier molecular flexibility index (Phi) is 11.9. The summed E-state index contributed by atoms with van der Waals surface area (Å²) in [5.74, 6) is -0.747. The number of thiocarbonyl (C=S) groups is 1. The Morgan fingerprint density at radius 3 is 1.88 bits per heavy atom. The molecule has 1 amide bonds. The van der Waals surface area contributed by atoms with E-state index in [-0.39, 0.29) is 18.0 Å². The number of methoxy groups -OCH3 is 1. The maximum Gasteiger partial charge on any atom is 0.408 e. The highest BCUT2D eigenvalue weighted by Crippen LogP contribution is 2.16. The smallest absolute Gasteiger partial charge is 0.408 e. The quantitative estimate of drug-likeness (QED) is 0.172. The number of hydrogen-bond acceptors (Lipinski definition) is 8. The predicted molar refractivity (Wildman–Crippen MR) is 162 cm³/mol. The number of amides is 1. The number of esters is 2. The van der Waals surface area contributed by atoms with Gasteiger partial charge >= 0.3 is 18.0 Å². The highest BCUT2D eigenvalue weighted by atomic mass is 32.1. The molecule has 3 aromatic rings. The molecule has 0 aromatic heterocycles. The van der Waals surface area contributed by atoms with E-state index in [9.17, 15) is 14.4 Å². The van der Waals surface area contributed by atoms with Gasteiger partial charge in [0.15, 0.2) is 6.04 Å². The van der Waals surface area contributed by atoms with E-state index in [0.717, 1.165) is 16.7 Å². The third-order valence-electron chi connectivity index (χ3n) is 5.80. The minimum Gasteiger partial charge on any atom is -0.489 e. The van der Waals surface area contributed by atoms with Crippen LogP contribution in [0.3, 0.4) is 0 Å². The number of carbonyl (C=O) groups excluding carboxylic acids is 3. The largest absolute Gasteiger partial charge is 0.489 e. The maximum absolute atomic E-state index is 13.3.